The molecule has 8 nitrogen and oxygen atoms in total. The molecule has 0 saturated heterocycles. The van der Waals surface area contributed by atoms with Gasteiger partial charge in [-0.1, -0.05) is 41.0 Å². The van der Waals surface area contributed by atoms with Gasteiger partial charge in [-0.25, -0.2) is 0 Å². The number of aliphatic carboxylic acids is 1. The maximum atomic E-state index is 13.7. The molecule has 0 spiro atoms. The zero-order chi connectivity index (χ0) is 28.7. The van der Waals surface area contributed by atoms with Crippen LogP contribution in [0.15, 0.2) is 11.1 Å². The number of esters is 1. The molecular formula is C31H46NNaO7. The quantitative estimate of drug-likeness (QED) is 0.352. The van der Waals surface area contributed by atoms with E-state index in [0.29, 0.717) is 30.3 Å². The van der Waals surface area contributed by atoms with E-state index in [9.17, 15) is 19.5 Å². The van der Waals surface area contributed by atoms with Gasteiger partial charge in [0.15, 0.2) is 6.23 Å². The molecule has 0 aromatic carbocycles. The van der Waals surface area contributed by atoms with Gasteiger partial charge in [0.25, 0.3) is 5.91 Å². The van der Waals surface area contributed by atoms with Crippen molar-refractivity contribution in [2.45, 2.75) is 105 Å². The molecule has 3 saturated carbocycles. The SMILES string of the molecule is CO[C@@H]1C[C@H]2[C@]3(C)CC[C@H]4C(C)(C)CCC[C@]4(C)[C@H]3C[C@@H](OC(C)=O)[C@]2(C)C2=C1C(=O)N(CC(=O)[O-])[C@H]2OC.[Na+]. The Morgan fingerprint density at radius 3 is 2.17 bits per heavy atom. The fourth-order valence-electron chi connectivity index (χ4n) is 10.9. The third-order valence-corrected chi connectivity index (χ3v) is 12.3. The van der Waals surface area contributed by atoms with Crippen molar-refractivity contribution in [3.05, 3.63) is 11.1 Å². The zero-order valence-corrected chi connectivity index (χ0v) is 27.9. The molecule has 40 heavy (non-hydrogen) atoms. The van der Waals surface area contributed by atoms with Crippen LogP contribution in [0.1, 0.15) is 86.5 Å². The van der Waals surface area contributed by atoms with Crippen LogP contribution in [0.2, 0.25) is 0 Å². The second-order valence-electron chi connectivity index (χ2n) is 14.3. The van der Waals surface area contributed by atoms with Crippen LogP contribution in [0.4, 0.5) is 0 Å². The molecular weight excluding hydrogens is 521 g/mol. The summed E-state index contributed by atoms with van der Waals surface area (Å²) in [5.74, 6) is -1.11. The van der Waals surface area contributed by atoms with Crippen LogP contribution in [0.25, 0.3) is 0 Å². The normalized spacial score (nSPS) is 43.6. The Balaban J connectivity index is 0.00000370. The van der Waals surface area contributed by atoms with E-state index in [1.807, 2.05) is 0 Å². The minimum absolute atomic E-state index is 0. The monoisotopic (exact) mass is 567 g/mol. The molecule has 3 fully saturated rings. The Hall–Kier alpha value is -0.930. The Morgan fingerprint density at radius 1 is 0.950 bits per heavy atom. The van der Waals surface area contributed by atoms with Crippen molar-refractivity contribution >= 4 is 17.8 Å². The number of carbonyl (C=O) groups is 3. The molecule has 1 aliphatic heterocycles. The first-order valence-electron chi connectivity index (χ1n) is 14.6. The third-order valence-electron chi connectivity index (χ3n) is 12.3. The largest absolute Gasteiger partial charge is 1.00 e. The first-order valence-corrected chi connectivity index (χ1v) is 14.6. The Labute approximate surface area is 261 Å². The maximum Gasteiger partial charge on any atom is 1.00 e. The van der Waals surface area contributed by atoms with Gasteiger partial charge < -0.3 is 29.0 Å². The number of ether oxygens (including phenoxy) is 3. The fourth-order valence-corrected chi connectivity index (χ4v) is 10.9. The minimum atomic E-state index is -1.35. The predicted octanol–water partition coefficient (Wildman–Crippen LogP) is 0.477. The second kappa shape index (κ2) is 10.7. The van der Waals surface area contributed by atoms with E-state index in [4.69, 9.17) is 14.2 Å². The van der Waals surface area contributed by atoms with Gasteiger partial charge in [-0.05, 0) is 72.5 Å². The van der Waals surface area contributed by atoms with Crippen LogP contribution in [0.5, 0.6) is 0 Å². The first kappa shape index (κ1) is 32.0. The summed E-state index contributed by atoms with van der Waals surface area (Å²) < 4.78 is 18.1. The summed E-state index contributed by atoms with van der Waals surface area (Å²) in [4.78, 5) is 39.3. The van der Waals surface area contributed by atoms with E-state index in [2.05, 4.69) is 34.6 Å². The molecule has 1 heterocycles. The average molecular weight is 568 g/mol. The van der Waals surface area contributed by atoms with Crippen LogP contribution in [-0.2, 0) is 28.6 Å². The number of amides is 1. The number of rotatable bonds is 5. The molecule has 5 aliphatic rings. The first-order chi connectivity index (χ1) is 18.2. The summed E-state index contributed by atoms with van der Waals surface area (Å²) in [6, 6.07) is 0. The van der Waals surface area contributed by atoms with E-state index in [0.717, 1.165) is 24.8 Å². The number of carboxylic acids is 1. The summed E-state index contributed by atoms with van der Waals surface area (Å²) in [5.41, 5.74) is 0.754. The van der Waals surface area contributed by atoms with Gasteiger partial charge in [0.2, 0.25) is 0 Å². The Morgan fingerprint density at radius 2 is 1.60 bits per heavy atom. The summed E-state index contributed by atoms with van der Waals surface area (Å²) in [5, 5.41) is 11.7. The van der Waals surface area contributed by atoms with Gasteiger partial charge >= 0.3 is 35.5 Å². The molecule has 4 aliphatic carbocycles. The van der Waals surface area contributed by atoms with E-state index in [1.165, 1.54) is 31.8 Å². The number of nitrogens with zero attached hydrogens (tertiary/aromatic N) is 1. The summed E-state index contributed by atoms with van der Waals surface area (Å²) >= 11 is 0. The second-order valence-corrected chi connectivity index (χ2v) is 14.3. The molecule has 9 heteroatoms. The smallest absolute Gasteiger partial charge is 0.548 e. The summed E-state index contributed by atoms with van der Waals surface area (Å²) in [6.45, 7) is 12.7. The van der Waals surface area contributed by atoms with Crippen molar-refractivity contribution in [3.8, 4) is 0 Å². The standard InChI is InChI=1S/C31H47NO7.Na/c1-17(33)39-22-15-20-29(4)12-9-11-28(2,3)19(29)10-13-30(20,5)21-14-18(37-7)24-25(31(21,22)6)27(38-8)32(26(24)36)16-23(34)35;/h18-22,27H,9-16H2,1-8H3,(H,34,35);/q;+1/p-1/t18-,19+,20-,21+,22-,27+,29+,30-,31-;/m1./s1. The molecule has 9 atom stereocenters. The van der Waals surface area contributed by atoms with Crippen molar-refractivity contribution in [2.75, 3.05) is 20.8 Å². The Bertz CT molecular complexity index is 1110. The van der Waals surface area contributed by atoms with Crippen molar-refractivity contribution in [2.24, 2.45) is 39.4 Å². The third kappa shape index (κ3) is 4.37. The van der Waals surface area contributed by atoms with Gasteiger partial charge in [-0.15, -0.1) is 0 Å². The molecule has 0 bridgehead atoms. The predicted molar refractivity (Wildman–Crippen MR) is 142 cm³/mol. The number of hydrogen-bond acceptors (Lipinski definition) is 7. The number of carboxylic acid groups (broad SMARTS) is 1. The number of hydrogen-bond donors (Lipinski definition) is 0. The molecule has 0 N–H and O–H groups in total. The van der Waals surface area contributed by atoms with E-state index >= 15 is 0 Å². The van der Waals surface area contributed by atoms with Gasteiger partial charge in [-0.3, -0.25) is 9.59 Å². The fraction of sp³-hybridized carbons (Fsp3) is 0.839. The topological polar surface area (TPSA) is 105 Å². The van der Waals surface area contributed by atoms with Crippen LogP contribution in [0, 0.1) is 39.4 Å². The van der Waals surface area contributed by atoms with Crippen molar-refractivity contribution in [1.82, 2.24) is 4.90 Å². The molecule has 5 rings (SSSR count). The van der Waals surface area contributed by atoms with E-state index in [1.54, 1.807) is 7.11 Å². The molecule has 218 valence electrons. The Kier molecular flexibility index (Phi) is 8.52. The summed E-state index contributed by atoms with van der Waals surface area (Å²) in [6.07, 6.45) is 5.29. The van der Waals surface area contributed by atoms with E-state index < -0.39 is 42.3 Å². The van der Waals surface area contributed by atoms with Gasteiger partial charge in [-0.2, -0.15) is 0 Å². The van der Waals surface area contributed by atoms with Gasteiger partial charge in [0.05, 0.1) is 24.2 Å². The average Bonchev–Trinajstić information content (AvgIpc) is 3.11. The van der Waals surface area contributed by atoms with Crippen LogP contribution < -0.4 is 34.7 Å². The number of fused-ring (bicyclic) bond motifs is 6. The maximum absolute atomic E-state index is 13.7. The number of methoxy groups -OCH3 is 2. The molecule has 0 radical (unpaired) electrons. The summed E-state index contributed by atoms with van der Waals surface area (Å²) in [7, 11) is 3.11. The van der Waals surface area contributed by atoms with Crippen LogP contribution in [0.3, 0.4) is 0 Å². The van der Waals surface area contributed by atoms with Crippen molar-refractivity contribution in [1.29, 1.82) is 0 Å². The van der Waals surface area contributed by atoms with Crippen LogP contribution >= 0.6 is 0 Å². The molecule has 0 aromatic rings. The van der Waals surface area contributed by atoms with E-state index in [-0.39, 0.29) is 57.7 Å². The number of carbonyl (C=O) groups excluding carboxylic acids is 3. The molecule has 1 amide bonds. The van der Waals surface area contributed by atoms with Crippen molar-refractivity contribution < 1.29 is 63.3 Å². The molecule has 0 aromatic heterocycles. The van der Waals surface area contributed by atoms with Gasteiger partial charge in [0, 0.05) is 32.1 Å². The van der Waals surface area contributed by atoms with Gasteiger partial charge in [0.1, 0.15) is 6.10 Å². The van der Waals surface area contributed by atoms with Crippen molar-refractivity contribution in [3.63, 3.8) is 0 Å². The molecule has 0 unspecified atom stereocenters. The van der Waals surface area contributed by atoms with Crippen LogP contribution in [-0.4, -0.2) is 61.9 Å². The zero-order valence-electron chi connectivity index (χ0n) is 25.9. The minimum Gasteiger partial charge on any atom is -0.548 e.